The van der Waals surface area contributed by atoms with Crippen LogP contribution in [0, 0.1) is 17.3 Å². The van der Waals surface area contributed by atoms with Gasteiger partial charge < -0.3 is 16.2 Å². The molecule has 2 unspecified atom stereocenters. The van der Waals surface area contributed by atoms with Crippen LogP contribution >= 0.6 is 0 Å². The SMILES string of the molecule is Nc1ccc(OC23CC4CC(C2)CC(C(F)(F)F)(C4)C3)cc1N. The monoisotopic (exact) mass is 326 g/mol. The van der Waals surface area contributed by atoms with Crippen molar-refractivity contribution in [3.05, 3.63) is 18.2 Å². The third-order valence-electron chi connectivity index (χ3n) is 6.00. The summed E-state index contributed by atoms with van der Waals surface area (Å²) in [6, 6.07) is 4.96. The fourth-order valence-corrected chi connectivity index (χ4v) is 5.50. The Bertz CT molecular complexity index is 629. The molecule has 0 aromatic heterocycles. The quantitative estimate of drug-likeness (QED) is 0.803. The lowest BCUT2D eigenvalue weighted by Crippen LogP contribution is -2.62. The minimum Gasteiger partial charge on any atom is -0.487 e. The Morgan fingerprint density at radius 3 is 2.22 bits per heavy atom. The number of anilines is 2. The fraction of sp³-hybridized carbons (Fsp3) is 0.647. The fourth-order valence-electron chi connectivity index (χ4n) is 5.50. The summed E-state index contributed by atoms with van der Waals surface area (Å²) >= 11 is 0. The van der Waals surface area contributed by atoms with Crippen LogP contribution in [0.4, 0.5) is 24.5 Å². The van der Waals surface area contributed by atoms with Gasteiger partial charge in [-0.2, -0.15) is 13.2 Å². The summed E-state index contributed by atoms with van der Waals surface area (Å²) in [5, 5.41) is 0. The molecule has 4 saturated carbocycles. The second-order valence-electron chi connectivity index (χ2n) is 7.81. The molecule has 0 radical (unpaired) electrons. The van der Waals surface area contributed by atoms with Gasteiger partial charge in [0.2, 0.25) is 0 Å². The van der Waals surface area contributed by atoms with E-state index in [1.165, 1.54) is 0 Å². The van der Waals surface area contributed by atoms with Gasteiger partial charge in [-0.1, -0.05) is 0 Å². The summed E-state index contributed by atoms with van der Waals surface area (Å²) in [4.78, 5) is 0. The average molecular weight is 326 g/mol. The predicted molar refractivity (Wildman–Crippen MR) is 81.8 cm³/mol. The molecule has 4 aliphatic carbocycles. The predicted octanol–water partition coefficient (Wildman–Crippen LogP) is 4.13. The van der Waals surface area contributed by atoms with Gasteiger partial charge >= 0.3 is 6.18 Å². The van der Waals surface area contributed by atoms with Gasteiger partial charge in [-0.05, 0) is 56.1 Å². The van der Waals surface area contributed by atoms with Gasteiger partial charge in [-0.3, -0.25) is 0 Å². The van der Waals surface area contributed by atoms with Gasteiger partial charge in [0.25, 0.3) is 0 Å². The molecule has 5 rings (SSSR count). The van der Waals surface area contributed by atoms with Gasteiger partial charge in [-0.25, -0.2) is 0 Å². The molecule has 4 bridgehead atoms. The minimum atomic E-state index is -4.15. The van der Waals surface area contributed by atoms with Crippen LogP contribution in [-0.4, -0.2) is 11.8 Å². The first kappa shape index (κ1) is 15.0. The number of hydrogen-bond acceptors (Lipinski definition) is 3. The summed E-state index contributed by atoms with van der Waals surface area (Å²) in [6.07, 6.45) is -1.21. The molecule has 0 aliphatic heterocycles. The normalized spacial score (nSPS) is 38.7. The zero-order chi connectivity index (χ0) is 16.5. The van der Waals surface area contributed by atoms with E-state index in [0.29, 0.717) is 30.0 Å². The first-order chi connectivity index (χ1) is 10.7. The van der Waals surface area contributed by atoms with Crippen molar-refractivity contribution in [2.75, 3.05) is 11.5 Å². The Hall–Kier alpha value is -1.59. The molecule has 1 aromatic carbocycles. The molecule has 126 valence electrons. The topological polar surface area (TPSA) is 61.3 Å². The van der Waals surface area contributed by atoms with Gasteiger partial charge in [-0.15, -0.1) is 0 Å². The number of alkyl halides is 3. The van der Waals surface area contributed by atoms with E-state index in [9.17, 15) is 13.2 Å². The van der Waals surface area contributed by atoms with Crippen molar-refractivity contribution in [2.24, 2.45) is 17.3 Å². The third-order valence-corrected chi connectivity index (χ3v) is 6.00. The molecule has 0 saturated heterocycles. The average Bonchev–Trinajstić information content (AvgIpc) is 2.40. The van der Waals surface area contributed by atoms with Crippen LogP contribution in [-0.2, 0) is 0 Å². The van der Waals surface area contributed by atoms with E-state index in [-0.39, 0.29) is 31.1 Å². The Kier molecular flexibility index (Phi) is 2.92. The number of nitrogens with two attached hydrogens (primary N) is 2. The van der Waals surface area contributed by atoms with Crippen molar-refractivity contribution >= 4 is 11.4 Å². The summed E-state index contributed by atoms with van der Waals surface area (Å²) in [5.74, 6) is 0.754. The molecular weight excluding hydrogens is 305 g/mol. The second-order valence-corrected chi connectivity index (χ2v) is 7.81. The molecule has 0 amide bonds. The number of halogens is 3. The van der Waals surface area contributed by atoms with Crippen LogP contribution in [0.5, 0.6) is 5.75 Å². The lowest BCUT2D eigenvalue weighted by Gasteiger charge is -2.61. The van der Waals surface area contributed by atoms with Crippen molar-refractivity contribution in [1.29, 1.82) is 0 Å². The van der Waals surface area contributed by atoms with Crippen LogP contribution in [0.1, 0.15) is 38.5 Å². The highest BCUT2D eigenvalue weighted by atomic mass is 19.4. The number of ether oxygens (including phenoxy) is 1. The van der Waals surface area contributed by atoms with Crippen LogP contribution < -0.4 is 16.2 Å². The van der Waals surface area contributed by atoms with Crippen LogP contribution in [0.15, 0.2) is 18.2 Å². The molecule has 23 heavy (non-hydrogen) atoms. The number of benzene rings is 1. The van der Waals surface area contributed by atoms with Crippen LogP contribution in [0.3, 0.4) is 0 Å². The Morgan fingerprint density at radius 2 is 1.65 bits per heavy atom. The minimum absolute atomic E-state index is 0.0702. The molecule has 1 aromatic rings. The van der Waals surface area contributed by atoms with Crippen molar-refractivity contribution in [3.8, 4) is 5.75 Å². The van der Waals surface area contributed by atoms with Crippen molar-refractivity contribution < 1.29 is 17.9 Å². The van der Waals surface area contributed by atoms with E-state index < -0.39 is 17.2 Å². The van der Waals surface area contributed by atoms with Gasteiger partial charge in [0, 0.05) is 12.5 Å². The third kappa shape index (κ3) is 2.25. The maximum Gasteiger partial charge on any atom is 0.394 e. The van der Waals surface area contributed by atoms with E-state index in [2.05, 4.69) is 0 Å². The lowest BCUT2D eigenvalue weighted by molar-refractivity contribution is -0.293. The van der Waals surface area contributed by atoms with E-state index >= 15 is 0 Å². The van der Waals surface area contributed by atoms with Crippen molar-refractivity contribution in [2.45, 2.75) is 50.3 Å². The first-order valence-electron chi connectivity index (χ1n) is 8.11. The highest BCUT2D eigenvalue weighted by Gasteiger charge is 2.68. The molecule has 4 fully saturated rings. The maximum atomic E-state index is 13.7. The van der Waals surface area contributed by atoms with E-state index in [4.69, 9.17) is 16.2 Å². The number of hydrogen-bond donors (Lipinski definition) is 2. The number of rotatable bonds is 2. The lowest BCUT2D eigenvalue weighted by atomic mass is 9.47. The molecule has 0 spiro atoms. The van der Waals surface area contributed by atoms with Crippen molar-refractivity contribution in [3.63, 3.8) is 0 Å². The molecular formula is C17H21F3N2O. The zero-order valence-electron chi connectivity index (χ0n) is 12.8. The summed E-state index contributed by atoms with van der Waals surface area (Å²) in [7, 11) is 0. The highest BCUT2D eigenvalue weighted by Crippen LogP contribution is 2.67. The molecule has 2 atom stereocenters. The summed E-state index contributed by atoms with van der Waals surface area (Å²) < 4.78 is 47.3. The molecule has 4 aliphatic rings. The molecule has 0 heterocycles. The van der Waals surface area contributed by atoms with Gasteiger partial charge in [0.05, 0.1) is 16.8 Å². The largest absolute Gasteiger partial charge is 0.487 e. The summed E-state index contributed by atoms with van der Waals surface area (Å²) in [5.41, 5.74) is 10.1. The van der Waals surface area contributed by atoms with E-state index in [1.54, 1.807) is 18.2 Å². The van der Waals surface area contributed by atoms with E-state index in [1.807, 2.05) is 0 Å². The van der Waals surface area contributed by atoms with E-state index in [0.717, 1.165) is 6.42 Å². The molecule has 3 nitrogen and oxygen atoms in total. The smallest absolute Gasteiger partial charge is 0.394 e. The standard InChI is InChI=1S/C17H21F3N2O/c18-17(19,20)15-5-10-3-11(6-15)8-16(7-10,9-15)23-12-1-2-13(21)14(22)4-12/h1-2,4,10-11H,3,5-9,21-22H2. The van der Waals surface area contributed by atoms with Gasteiger partial charge in [0.1, 0.15) is 11.4 Å². The Morgan fingerprint density at radius 1 is 1.00 bits per heavy atom. The number of nitrogen functional groups attached to an aromatic ring is 2. The highest BCUT2D eigenvalue weighted by molar-refractivity contribution is 5.65. The first-order valence-corrected chi connectivity index (χ1v) is 8.11. The van der Waals surface area contributed by atoms with Crippen molar-refractivity contribution in [1.82, 2.24) is 0 Å². The molecule has 6 heteroatoms. The van der Waals surface area contributed by atoms with Gasteiger partial charge in [0.15, 0.2) is 0 Å². The Balaban J connectivity index is 1.66. The maximum absolute atomic E-state index is 13.7. The van der Waals surface area contributed by atoms with Crippen LogP contribution in [0.25, 0.3) is 0 Å². The second kappa shape index (κ2) is 4.48. The zero-order valence-corrected chi connectivity index (χ0v) is 12.8. The molecule has 4 N–H and O–H groups in total. The summed E-state index contributed by atoms with van der Waals surface area (Å²) in [6.45, 7) is 0. The van der Waals surface area contributed by atoms with Crippen LogP contribution in [0.2, 0.25) is 0 Å². The Labute approximate surface area is 133 Å².